The summed E-state index contributed by atoms with van der Waals surface area (Å²) in [7, 11) is 0. The van der Waals surface area contributed by atoms with Crippen molar-refractivity contribution >= 4 is 68.1 Å². The second kappa shape index (κ2) is 7.90. The molecule has 1 N–H and O–H groups in total. The summed E-state index contributed by atoms with van der Waals surface area (Å²) in [5.41, 5.74) is 1.37. The van der Waals surface area contributed by atoms with Gasteiger partial charge in [-0.2, -0.15) is 0 Å². The third-order valence-corrected chi connectivity index (χ3v) is 3.31. The number of hydrogen-bond donors (Lipinski definition) is 1. The van der Waals surface area contributed by atoms with E-state index in [-0.39, 0.29) is 56.9 Å². The number of carboxylic acid groups (broad SMARTS) is 1. The molecule has 0 heterocycles. The first-order chi connectivity index (χ1) is 10.2. The molecule has 0 atom stereocenters. The van der Waals surface area contributed by atoms with Crippen LogP contribution in [0.5, 0.6) is 5.75 Å². The first kappa shape index (κ1) is 17.2. The van der Waals surface area contributed by atoms with E-state index in [2.05, 4.69) is 0 Å². The molecule has 0 bridgehead atoms. The van der Waals surface area contributed by atoms with Crippen molar-refractivity contribution in [2.75, 3.05) is 0 Å². The van der Waals surface area contributed by atoms with Gasteiger partial charge < -0.3 is 9.84 Å². The van der Waals surface area contributed by atoms with E-state index in [1.165, 1.54) is 0 Å². The van der Waals surface area contributed by atoms with E-state index < -0.39 is 5.97 Å². The number of hydrogen-bond acceptors (Lipinski definition) is 2. The molecule has 3 aromatic carbocycles. The van der Waals surface area contributed by atoms with Crippen LogP contribution >= 0.6 is 0 Å². The molecule has 0 aliphatic heterocycles. The molecule has 0 aromatic heterocycles. The summed E-state index contributed by atoms with van der Waals surface area (Å²) >= 11 is 0. The van der Waals surface area contributed by atoms with Gasteiger partial charge in [0.05, 0.1) is 5.56 Å². The van der Waals surface area contributed by atoms with Crippen molar-refractivity contribution in [1.82, 2.24) is 0 Å². The molecule has 0 aliphatic carbocycles. The monoisotopic (exact) mass is 317 g/mol. The van der Waals surface area contributed by atoms with Gasteiger partial charge in [0.25, 0.3) is 0 Å². The van der Waals surface area contributed by atoms with Crippen LogP contribution in [0.25, 0.3) is 10.8 Å². The Kier molecular flexibility index (Phi) is 6.17. The normalized spacial score (nSPS) is 10.0. The van der Waals surface area contributed by atoms with E-state index in [0.29, 0.717) is 6.61 Å². The van der Waals surface area contributed by atoms with Gasteiger partial charge >= 0.3 is 5.97 Å². The summed E-state index contributed by atoms with van der Waals surface area (Å²) in [5, 5.41) is 10.9. The fourth-order valence-electron chi connectivity index (χ4n) is 2.19. The van der Waals surface area contributed by atoms with E-state index in [0.717, 1.165) is 22.1 Å². The summed E-state index contributed by atoms with van der Waals surface area (Å²) < 4.78 is 5.75. The van der Waals surface area contributed by atoms with Gasteiger partial charge in [-0.1, -0.05) is 42.5 Å². The summed E-state index contributed by atoms with van der Waals surface area (Å²) in [6.07, 6.45) is 0. The molecule has 1 radical (unpaired) electrons. The molecule has 0 amide bonds. The molecule has 0 saturated carbocycles. The largest absolute Gasteiger partial charge is 0.489 e. The van der Waals surface area contributed by atoms with Crippen LogP contribution in [-0.4, -0.2) is 62.5 Å². The first-order valence-corrected chi connectivity index (χ1v) is 6.66. The number of aromatic carboxylic acids is 1. The van der Waals surface area contributed by atoms with Gasteiger partial charge in [-0.15, -0.1) is 0 Å². The predicted molar refractivity (Wildman–Crippen MR) is 87.4 cm³/mol. The average molecular weight is 317 g/mol. The van der Waals surface area contributed by atoms with Gasteiger partial charge in [-0.25, -0.2) is 4.79 Å². The SMILES string of the molecule is O=C(O)c1ccc2ccc(OCc3ccccc3)cc2c1.[K]. The maximum Gasteiger partial charge on any atom is 0.335 e. The third kappa shape index (κ3) is 4.18. The number of carbonyl (C=O) groups is 1. The minimum absolute atomic E-state index is 0. The van der Waals surface area contributed by atoms with Crippen LogP contribution in [0, 0.1) is 0 Å². The van der Waals surface area contributed by atoms with E-state index >= 15 is 0 Å². The van der Waals surface area contributed by atoms with Crippen LogP contribution in [0.1, 0.15) is 15.9 Å². The Morgan fingerprint density at radius 1 is 0.909 bits per heavy atom. The van der Waals surface area contributed by atoms with Crippen LogP contribution in [0.4, 0.5) is 0 Å². The molecule has 4 heteroatoms. The van der Waals surface area contributed by atoms with Crippen LogP contribution in [0.3, 0.4) is 0 Å². The number of fused-ring (bicyclic) bond motifs is 1. The minimum Gasteiger partial charge on any atom is -0.489 e. The Morgan fingerprint density at radius 2 is 1.64 bits per heavy atom. The average Bonchev–Trinajstić information content (AvgIpc) is 2.53. The molecule has 0 fully saturated rings. The Balaban J connectivity index is 0.00000176. The fourth-order valence-corrected chi connectivity index (χ4v) is 2.19. The van der Waals surface area contributed by atoms with Gasteiger partial charge in [-0.3, -0.25) is 0 Å². The summed E-state index contributed by atoms with van der Waals surface area (Å²) in [5.74, 6) is -0.193. The van der Waals surface area contributed by atoms with Crippen LogP contribution in [0.2, 0.25) is 0 Å². The maximum absolute atomic E-state index is 11.0. The van der Waals surface area contributed by atoms with Crippen LogP contribution < -0.4 is 4.74 Å². The van der Waals surface area contributed by atoms with Gasteiger partial charge in [0.15, 0.2) is 0 Å². The van der Waals surface area contributed by atoms with Crippen molar-refractivity contribution in [1.29, 1.82) is 0 Å². The van der Waals surface area contributed by atoms with Crippen molar-refractivity contribution in [3.63, 3.8) is 0 Å². The number of benzene rings is 3. The Labute approximate surface area is 171 Å². The van der Waals surface area contributed by atoms with Crippen LogP contribution in [-0.2, 0) is 6.61 Å². The summed E-state index contributed by atoms with van der Waals surface area (Å²) in [6.45, 7) is 0.491. The fraction of sp³-hybridized carbons (Fsp3) is 0.0556. The smallest absolute Gasteiger partial charge is 0.335 e. The maximum atomic E-state index is 11.0. The van der Waals surface area contributed by atoms with E-state index in [1.54, 1.807) is 18.2 Å². The number of ether oxygens (including phenoxy) is 1. The molecule has 0 aliphatic rings. The molecule has 3 aromatic rings. The number of carboxylic acids is 1. The van der Waals surface area contributed by atoms with Gasteiger partial charge in [0, 0.05) is 51.4 Å². The second-order valence-electron chi connectivity index (χ2n) is 4.80. The minimum atomic E-state index is -0.924. The van der Waals surface area contributed by atoms with Crippen molar-refractivity contribution in [2.45, 2.75) is 6.61 Å². The zero-order valence-corrected chi connectivity index (χ0v) is 15.4. The van der Waals surface area contributed by atoms with Crippen molar-refractivity contribution in [3.8, 4) is 5.75 Å². The quantitative estimate of drug-likeness (QED) is 0.746. The third-order valence-electron chi connectivity index (χ3n) is 3.31. The van der Waals surface area contributed by atoms with E-state index in [1.807, 2.05) is 48.5 Å². The molecular weight excluding hydrogens is 303 g/mol. The topological polar surface area (TPSA) is 46.5 Å². The molecule has 3 nitrogen and oxygen atoms in total. The van der Waals surface area contributed by atoms with Crippen LogP contribution in [0.15, 0.2) is 66.7 Å². The molecule has 0 spiro atoms. The zero-order valence-electron chi connectivity index (χ0n) is 12.3. The predicted octanol–water partition coefficient (Wildman–Crippen LogP) is 3.74. The summed E-state index contributed by atoms with van der Waals surface area (Å²) in [4.78, 5) is 11.0. The second-order valence-corrected chi connectivity index (χ2v) is 4.80. The van der Waals surface area contributed by atoms with Gasteiger partial charge in [0.1, 0.15) is 12.4 Å². The Hall–Kier alpha value is -1.17. The van der Waals surface area contributed by atoms with Crippen molar-refractivity contribution in [3.05, 3.63) is 77.9 Å². The molecule has 3 rings (SSSR count). The molecule has 105 valence electrons. The molecule has 22 heavy (non-hydrogen) atoms. The zero-order chi connectivity index (χ0) is 14.7. The molecule has 0 unspecified atom stereocenters. The summed E-state index contributed by atoms with van der Waals surface area (Å²) in [6, 6.07) is 20.7. The Bertz CT molecular complexity index is 785. The molecule has 0 saturated heterocycles. The van der Waals surface area contributed by atoms with Crippen molar-refractivity contribution < 1.29 is 14.6 Å². The first-order valence-electron chi connectivity index (χ1n) is 6.66. The molecular formula is C18H14KO3. The van der Waals surface area contributed by atoms with Gasteiger partial charge in [-0.05, 0) is 40.6 Å². The number of rotatable bonds is 4. The Morgan fingerprint density at radius 3 is 2.36 bits per heavy atom. The van der Waals surface area contributed by atoms with Gasteiger partial charge in [0.2, 0.25) is 0 Å². The van der Waals surface area contributed by atoms with E-state index in [9.17, 15) is 4.79 Å². The van der Waals surface area contributed by atoms with Crippen molar-refractivity contribution in [2.24, 2.45) is 0 Å². The standard InChI is InChI=1S/C18H14O3.K/c19-18(20)15-7-6-14-8-9-17(11-16(14)10-15)21-12-13-4-2-1-3-5-13;/h1-11H,12H2,(H,19,20);. The van der Waals surface area contributed by atoms with E-state index in [4.69, 9.17) is 9.84 Å².